The van der Waals surface area contributed by atoms with Crippen LogP contribution in [-0.4, -0.2) is 38.3 Å². The largest absolute Gasteiger partial charge is 0.850 e. The van der Waals surface area contributed by atoms with E-state index in [1.807, 2.05) is 0 Å². The molecule has 0 spiro atoms. The average Bonchev–Trinajstić information content (AvgIpc) is 1.12. The van der Waals surface area contributed by atoms with Gasteiger partial charge in [-0.1, -0.05) is 20.8 Å². The maximum absolute atomic E-state index is 10.1. The van der Waals surface area contributed by atoms with Crippen molar-refractivity contribution in [1.29, 1.82) is 0 Å². The van der Waals surface area contributed by atoms with Crippen LogP contribution in [0.4, 0.5) is 0 Å². The Balaban J connectivity index is 0. The van der Waals surface area contributed by atoms with Gasteiger partial charge in [-0.05, 0) is 0 Å². The topological polar surface area (TPSA) is 23.1 Å². The van der Waals surface area contributed by atoms with E-state index in [4.69, 9.17) is 0 Å². The Morgan fingerprint density at radius 1 is 0.900 bits per heavy atom. The summed E-state index contributed by atoms with van der Waals surface area (Å²) in [5.74, 6) is 0. The van der Waals surface area contributed by atoms with Crippen LogP contribution in [0.25, 0.3) is 0 Å². The monoisotopic (exact) mass is 147 g/mol. The van der Waals surface area contributed by atoms with Crippen molar-refractivity contribution in [1.82, 2.24) is 0 Å². The molecular formula is C8H21NO. The van der Waals surface area contributed by atoms with E-state index in [0.717, 1.165) is 4.48 Å². The Morgan fingerprint density at radius 2 is 0.900 bits per heavy atom. The highest BCUT2D eigenvalue weighted by atomic mass is 16.3. The molecule has 0 aromatic carbocycles. The summed E-state index contributed by atoms with van der Waals surface area (Å²) in [6, 6.07) is 0. The van der Waals surface area contributed by atoms with E-state index in [0.29, 0.717) is 0 Å². The van der Waals surface area contributed by atoms with Crippen LogP contribution in [0.15, 0.2) is 0 Å². The Hall–Kier alpha value is -0.0800. The summed E-state index contributed by atoms with van der Waals surface area (Å²) in [6.07, 6.45) is 0. The SMILES string of the molecule is CC(C)(C)[O-].C[N+](C)(C)C. The Kier molecular flexibility index (Phi) is 4.96. The summed E-state index contributed by atoms with van der Waals surface area (Å²) >= 11 is 0. The molecule has 2 heteroatoms. The molecule has 0 radical (unpaired) electrons. The first-order valence-electron chi connectivity index (χ1n) is 3.49. The van der Waals surface area contributed by atoms with E-state index in [-0.39, 0.29) is 0 Å². The maximum Gasteiger partial charge on any atom is 0.0675 e. The fourth-order valence-corrected chi connectivity index (χ4v) is 0. The smallest absolute Gasteiger partial charge is 0.0675 e. The van der Waals surface area contributed by atoms with Crippen LogP contribution in [0.2, 0.25) is 0 Å². The third-order valence-corrected chi connectivity index (χ3v) is 0. The molecule has 2 nitrogen and oxygen atoms in total. The normalized spacial score (nSPS) is 12.0. The molecule has 0 atom stereocenters. The third kappa shape index (κ3) is 59300. The molecule has 0 aromatic heterocycles. The Labute approximate surface area is 65.1 Å². The zero-order valence-corrected chi connectivity index (χ0v) is 8.36. The molecular weight excluding hydrogens is 126 g/mol. The molecule has 10 heavy (non-hydrogen) atoms. The van der Waals surface area contributed by atoms with Gasteiger partial charge in [-0.2, -0.15) is 0 Å². The van der Waals surface area contributed by atoms with Gasteiger partial charge in [0.05, 0.1) is 28.2 Å². The molecule has 0 unspecified atom stereocenters. The number of hydrogen-bond acceptors (Lipinski definition) is 1. The molecule has 0 aliphatic rings. The quantitative estimate of drug-likeness (QED) is 0.457. The van der Waals surface area contributed by atoms with Gasteiger partial charge in [-0.25, -0.2) is 0 Å². The predicted octanol–water partition coefficient (Wildman–Crippen LogP) is 0.468. The van der Waals surface area contributed by atoms with Gasteiger partial charge in [0, 0.05) is 0 Å². The van der Waals surface area contributed by atoms with Crippen LogP contribution in [0.1, 0.15) is 20.8 Å². The van der Waals surface area contributed by atoms with Crippen molar-refractivity contribution in [2.75, 3.05) is 28.2 Å². The lowest BCUT2D eigenvalue weighted by Crippen LogP contribution is -2.31. The minimum absolute atomic E-state index is 0.750. The molecule has 0 heterocycles. The van der Waals surface area contributed by atoms with Crippen LogP contribution in [0.5, 0.6) is 0 Å². The fraction of sp³-hybridized carbons (Fsp3) is 1.00. The van der Waals surface area contributed by atoms with Crippen LogP contribution < -0.4 is 5.11 Å². The van der Waals surface area contributed by atoms with Gasteiger partial charge >= 0.3 is 0 Å². The molecule has 64 valence electrons. The summed E-state index contributed by atoms with van der Waals surface area (Å²) in [7, 11) is 8.50. The van der Waals surface area contributed by atoms with Crippen molar-refractivity contribution >= 4 is 0 Å². The van der Waals surface area contributed by atoms with Crippen LogP contribution in [0.3, 0.4) is 0 Å². The highest BCUT2D eigenvalue weighted by Crippen LogP contribution is 1.87. The zero-order chi connectivity index (χ0) is 9.00. The number of nitrogens with zero attached hydrogens (tertiary/aromatic N) is 1. The Bertz CT molecular complexity index is 52.2. The van der Waals surface area contributed by atoms with Crippen LogP contribution in [0, 0.1) is 0 Å². The van der Waals surface area contributed by atoms with Gasteiger partial charge in [0.25, 0.3) is 0 Å². The molecule has 0 amide bonds. The maximum atomic E-state index is 10.1. The molecule has 0 rings (SSSR count). The second-order valence-electron chi connectivity index (χ2n) is 4.80. The molecule has 0 aliphatic carbocycles. The lowest BCUT2D eigenvalue weighted by molar-refractivity contribution is -0.849. The van der Waals surface area contributed by atoms with Crippen molar-refractivity contribution in [2.45, 2.75) is 26.4 Å². The first kappa shape index (κ1) is 12.6. The van der Waals surface area contributed by atoms with E-state index in [9.17, 15) is 5.11 Å². The molecule has 0 aromatic rings. The summed E-state index contributed by atoms with van der Waals surface area (Å²) < 4.78 is 1.00. The average molecular weight is 147 g/mol. The summed E-state index contributed by atoms with van der Waals surface area (Å²) in [6.45, 7) is 4.90. The summed E-state index contributed by atoms with van der Waals surface area (Å²) in [4.78, 5) is 0. The van der Waals surface area contributed by atoms with Crippen LogP contribution >= 0.6 is 0 Å². The van der Waals surface area contributed by atoms with Gasteiger partial charge < -0.3 is 9.59 Å². The third-order valence-electron chi connectivity index (χ3n) is 0. The van der Waals surface area contributed by atoms with Crippen molar-refractivity contribution in [3.05, 3.63) is 0 Å². The molecule has 0 saturated carbocycles. The van der Waals surface area contributed by atoms with Crippen molar-refractivity contribution in [3.8, 4) is 0 Å². The van der Waals surface area contributed by atoms with Gasteiger partial charge in [0.2, 0.25) is 0 Å². The van der Waals surface area contributed by atoms with E-state index >= 15 is 0 Å². The predicted molar refractivity (Wildman–Crippen MR) is 43.7 cm³/mol. The molecule has 0 bridgehead atoms. The van der Waals surface area contributed by atoms with Gasteiger partial charge in [-0.3, -0.25) is 0 Å². The van der Waals surface area contributed by atoms with Crippen molar-refractivity contribution in [3.63, 3.8) is 0 Å². The Morgan fingerprint density at radius 3 is 0.900 bits per heavy atom. The van der Waals surface area contributed by atoms with Gasteiger partial charge in [0.15, 0.2) is 0 Å². The van der Waals surface area contributed by atoms with Gasteiger partial charge in [0.1, 0.15) is 0 Å². The van der Waals surface area contributed by atoms with E-state index in [1.165, 1.54) is 0 Å². The van der Waals surface area contributed by atoms with E-state index in [2.05, 4.69) is 28.2 Å². The minimum atomic E-state index is -0.750. The molecule has 0 N–H and O–H groups in total. The first-order valence-corrected chi connectivity index (χ1v) is 3.49. The molecule has 0 aliphatic heterocycles. The zero-order valence-electron chi connectivity index (χ0n) is 8.36. The lowest BCUT2D eigenvalue weighted by Gasteiger charge is -2.23. The minimum Gasteiger partial charge on any atom is -0.850 e. The number of hydrogen-bond donors (Lipinski definition) is 0. The van der Waals surface area contributed by atoms with Crippen LogP contribution in [-0.2, 0) is 0 Å². The van der Waals surface area contributed by atoms with E-state index < -0.39 is 5.60 Å². The second kappa shape index (κ2) is 3.94. The highest BCUT2D eigenvalue weighted by Gasteiger charge is 1.88. The standard InChI is InChI=1S/C4H12N.C4H9O/c1-5(2,3)4;1-4(2,3)5/h1-4H3;1-3H3/q+1;-1. The van der Waals surface area contributed by atoms with Crippen molar-refractivity contribution < 1.29 is 9.59 Å². The number of rotatable bonds is 0. The molecule has 0 fully saturated rings. The summed E-state index contributed by atoms with van der Waals surface area (Å²) in [5.41, 5.74) is -0.750. The van der Waals surface area contributed by atoms with Crippen molar-refractivity contribution in [2.24, 2.45) is 0 Å². The summed E-state index contributed by atoms with van der Waals surface area (Å²) in [5, 5.41) is 10.1. The first-order chi connectivity index (χ1) is 4.00. The lowest BCUT2D eigenvalue weighted by atomic mass is 10.2. The molecule has 0 saturated heterocycles. The number of quaternary nitrogens is 1. The highest BCUT2D eigenvalue weighted by molar-refractivity contribution is 4.48. The fourth-order valence-electron chi connectivity index (χ4n) is 0. The van der Waals surface area contributed by atoms with E-state index in [1.54, 1.807) is 20.8 Å². The van der Waals surface area contributed by atoms with Gasteiger partial charge in [-0.15, -0.1) is 5.60 Å². The second-order valence-corrected chi connectivity index (χ2v) is 4.80.